The molecule has 0 saturated heterocycles. The summed E-state index contributed by atoms with van der Waals surface area (Å²) >= 11 is 0. The quantitative estimate of drug-likeness (QED) is 0.712. The summed E-state index contributed by atoms with van der Waals surface area (Å²) in [5, 5.41) is 5.02. The minimum absolute atomic E-state index is 0.224. The zero-order valence-corrected chi connectivity index (χ0v) is 10.2. The van der Waals surface area contributed by atoms with Crippen molar-refractivity contribution in [1.29, 1.82) is 0 Å². The fraction of sp³-hybridized carbons (Fsp3) is 0.250. The summed E-state index contributed by atoms with van der Waals surface area (Å²) in [5.41, 5.74) is 5.91. The molecule has 0 aliphatic carbocycles. The van der Waals surface area contributed by atoms with Crippen molar-refractivity contribution in [2.45, 2.75) is 19.9 Å². The summed E-state index contributed by atoms with van der Waals surface area (Å²) in [5.74, 6) is -1.26. The topological polar surface area (TPSA) is 101 Å². The number of amides is 3. The highest BCUT2D eigenvalue weighted by Gasteiger charge is 2.13. The molecule has 0 fully saturated rings. The van der Waals surface area contributed by atoms with Crippen LogP contribution in [-0.4, -0.2) is 23.8 Å². The Morgan fingerprint density at radius 1 is 1.28 bits per heavy atom. The summed E-state index contributed by atoms with van der Waals surface area (Å²) in [6.07, 6.45) is 0. The Balaban J connectivity index is 2.80. The van der Waals surface area contributed by atoms with Crippen molar-refractivity contribution >= 4 is 23.4 Å². The van der Waals surface area contributed by atoms with E-state index in [2.05, 4.69) is 10.6 Å². The van der Waals surface area contributed by atoms with Crippen LogP contribution in [0.25, 0.3) is 0 Å². The molecule has 0 heterocycles. The third kappa shape index (κ3) is 3.89. The van der Waals surface area contributed by atoms with E-state index < -0.39 is 17.9 Å². The van der Waals surface area contributed by atoms with Crippen LogP contribution in [0.3, 0.4) is 0 Å². The summed E-state index contributed by atoms with van der Waals surface area (Å²) in [7, 11) is 0. The van der Waals surface area contributed by atoms with Gasteiger partial charge in [-0.3, -0.25) is 14.4 Å². The Morgan fingerprint density at radius 3 is 2.50 bits per heavy atom. The SMILES string of the molecule is CC(=O)Nc1cccc(C(=O)N[C@@H](C)C(N)=O)c1. The minimum Gasteiger partial charge on any atom is -0.368 e. The van der Waals surface area contributed by atoms with E-state index in [1.165, 1.54) is 19.9 Å². The van der Waals surface area contributed by atoms with Crippen LogP contribution in [0.2, 0.25) is 0 Å². The molecule has 0 aliphatic heterocycles. The Labute approximate surface area is 105 Å². The number of hydrogen-bond acceptors (Lipinski definition) is 3. The highest BCUT2D eigenvalue weighted by Crippen LogP contribution is 2.10. The monoisotopic (exact) mass is 249 g/mol. The smallest absolute Gasteiger partial charge is 0.251 e. The van der Waals surface area contributed by atoms with Gasteiger partial charge in [-0.15, -0.1) is 0 Å². The molecule has 1 atom stereocenters. The van der Waals surface area contributed by atoms with Gasteiger partial charge in [0.25, 0.3) is 5.91 Å². The van der Waals surface area contributed by atoms with E-state index >= 15 is 0 Å². The lowest BCUT2D eigenvalue weighted by atomic mass is 10.1. The van der Waals surface area contributed by atoms with E-state index in [9.17, 15) is 14.4 Å². The van der Waals surface area contributed by atoms with Gasteiger partial charge in [-0.05, 0) is 25.1 Å². The number of carbonyl (C=O) groups excluding carboxylic acids is 3. The normalized spacial score (nSPS) is 11.4. The maximum Gasteiger partial charge on any atom is 0.251 e. The van der Waals surface area contributed by atoms with Gasteiger partial charge in [0, 0.05) is 18.2 Å². The van der Waals surface area contributed by atoms with E-state index in [1.807, 2.05) is 0 Å². The number of benzene rings is 1. The molecule has 0 saturated carbocycles. The van der Waals surface area contributed by atoms with Crippen molar-refractivity contribution in [3.63, 3.8) is 0 Å². The molecule has 6 heteroatoms. The first-order chi connectivity index (χ1) is 8.40. The Kier molecular flexibility index (Phi) is 4.42. The van der Waals surface area contributed by atoms with Crippen LogP contribution in [0.4, 0.5) is 5.69 Å². The average Bonchev–Trinajstić information content (AvgIpc) is 2.28. The number of anilines is 1. The second kappa shape index (κ2) is 5.81. The van der Waals surface area contributed by atoms with Crippen LogP contribution in [-0.2, 0) is 9.59 Å². The van der Waals surface area contributed by atoms with Crippen LogP contribution in [0.15, 0.2) is 24.3 Å². The van der Waals surface area contributed by atoms with Gasteiger partial charge in [0.15, 0.2) is 0 Å². The first-order valence-corrected chi connectivity index (χ1v) is 5.38. The number of nitrogens with one attached hydrogen (secondary N) is 2. The number of nitrogens with two attached hydrogens (primary N) is 1. The van der Waals surface area contributed by atoms with Crippen molar-refractivity contribution in [2.75, 3.05) is 5.32 Å². The van der Waals surface area contributed by atoms with Gasteiger partial charge in [-0.1, -0.05) is 6.07 Å². The molecule has 1 aromatic carbocycles. The van der Waals surface area contributed by atoms with Crippen LogP contribution in [0.5, 0.6) is 0 Å². The average molecular weight is 249 g/mol. The largest absolute Gasteiger partial charge is 0.368 e. The molecule has 1 aromatic rings. The van der Waals surface area contributed by atoms with Gasteiger partial charge in [-0.2, -0.15) is 0 Å². The third-order valence-corrected chi connectivity index (χ3v) is 2.22. The van der Waals surface area contributed by atoms with Crippen LogP contribution in [0.1, 0.15) is 24.2 Å². The maximum atomic E-state index is 11.8. The standard InChI is InChI=1S/C12H15N3O3/c1-7(11(13)17)14-12(18)9-4-3-5-10(6-9)15-8(2)16/h3-7H,1-2H3,(H2,13,17)(H,14,18)(H,15,16)/t7-/m0/s1. The molecular weight excluding hydrogens is 234 g/mol. The maximum absolute atomic E-state index is 11.8. The van der Waals surface area contributed by atoms with Gasteiger partial charge in [0.05, 0.1) is 0 Å². The third-order valence-electron chi connectivity index (χ3n) is 2.22. The van der Waals surface area contributed by atoms with Gasteiger partial charge >= 0.3 is 0 Å². The summed E-state index contributed by atoms with van der Waals surface area (Å²) < 4.78 is 0. The van der Waals surface area contributed by atoms with Crippen molar-refractivity contribution in [1.82, 2.24) is 5.32 Å². The molecule has 0 radical (unpaired) electrons. The second-order valence-electron chi connectivity index (χ2n) is 3.86. The lowest BCUT2D eigenvalue weighted by Crippen LogP contribution is -2.42. The minimum atomic E-state index is -0.748. The summed E-state index contributed by atoms with van der Waals surface area (Å²) in [6, 6.07) is 5.64. The molecule has 0 unspecified atom stereocenters. The molecule has 0 aliphatic rings. The molecular formula is C12H15N3O3. The van der Waals surface area contributed by atoms with Crippen molar-refractivity contribution in [3.8, 4) is 0 Å². The first-order valence-electron chi connectivity index (χ1n) is 5.38. The predicted octanol–water partition coefficient (Wildman–Crippen LogP) is 0.249. The van der Waals surface area contributed by atoms with Crippen LogP contribution in [0, 0.1) is 0 Å². The van der Waals surface area contributed by atoms with E-state index in [4.69, 9.17) is 5.73 Å². The van der Waals surface area contributed by atoms with Gasteiger partial charge < -0.3 is 16.4 Å². The molecule has 4 N–H and O–H groups in total. The zero-order chi connectivity index (χ0) is 13.7. The van der Waals surface area contributed by atoms with Crippen molar-refractivity contribution < 1.29 is 14.4 Å². The fourth-order valence-corrected chi connectivity index (χ4v) is 1.29. The lowest BCUT2D eigenvalue weighted by molar-refractivity contribution is -0.119. The molecule has 0 aromatic heterocycles. The van der Waals surface area contributed by atoms with E-state index in [1.54, 1.807) is 18.2 Å². The molecule has 18 heavy (non-hydrogen) atoms. The second-order valence-corrected chi connectivity index (χ2v) is 3.86. The van der Waals surface area contributed by atoms with Crippen molar-refractivity contribution in [2.24, 2.45) is 5.73 Å². The Hall–Kier alpha value is -2.37. The Morgan fingerprint density at radius 2 is 1.94 bits per heavy atom. The summed E-state index contributed by atoms with van der Waals surface area (Å²) in [4.78, 5) is 33.5. The highest BCUT2D eigenvalue weighted by atomic mass is 16.2. The van der Waals surface area contributed by atoms with Gasteiger partial charge in [0.2, 0.25) is 11.8 Å². The molecule has 6 nitrogen and oxygen atoms in total. The van der Waals surface area contributed by atoms with Crippen LogP contribution >= 0.6 is 0 Å². The fourth-order valence-electron chi connectivity index (χ4n) is 1.29. The van der Waals surface area contributed by atoms with E-state index in [-0.39, 0.29) is 5.91 Å². The number of hydrogen-bond donors (Lipinski definition) is 3. The summed E-state index contributed by atoms with van der Waals surface area (Å²) in [6.45, 7) is 2.87. The van der Waals surface area contributed by atoms with Gasteiger partial charge in [-0.25, -0.2) is 0 Å². The zero-order valence-electron chi connectivity index (χ0n) is 10.2. The first kappa shape index (κ1) is 13.7. The number of primary amides is 1. The van der Waals surface area contributed by atoms with E-state index in [0.29, 0.717) is 11.3 Å². The van der Waals surface area contributed by atoms with E-state index in [0.717, 1.165) is 0 Å². The van der Waals surface area contributed by atoms with Gasteiger partial charge in [0.1, 0.15) is 6.04 Å². The number of rotatable bonds is 4. The highest BCUT2D eigenvalue weighted by molar-refractivity contribution is 5.98. The Bertz CT molecular complexity index is 485. The molecule has 3 amide bonds. The lowest BCUT2D eigenvalue weighted by Gasteiger charge is -2.11. The predicted molar refractivity (Wildman–Crippen MR) is 66.9 cm³/mol. The molecule has 1 rings (SSSR count). The number of carbonyl (C=O) groups is 3. The molecule has 0 spiro atoms. The molecule has 0 bridgehead atoms. The van der Waals surface area contributed by atoms with Crippen molar-refractivity contribution in [3.05, 3.63) is 29.8 Å². The molecule has 96 valence electrons. The van der Waals surface area contributed by atoms with Crippen LogP contribution < -0.4 is 16.4 Å².